The first-order valence-electron chi connectivity index (χ1n) is 6.93. The summed E-state index contributed by atoms with van der Waals surface area (Å²) < 4.78 is 10.5. The number of halogens is 1. The Morgan fingerprint density at radius 2 is 2.09 bits per heavy atom. The molecule has 2 aromatic rings. The van der Waals surface area contributed by atoms with Gasteiger partial charge in [0.1, 0.15) is 11.5 Å². The van der Waals surface area contributed by atoms with Gasteiger partial charge in [0.2, 0.25) is 0 Å². The number of ether oxygens (including phenoxy) is 2. The van der Waals surface area contributed by atoms with Crippen molar-refractivity contribution >= 4 is 23.7 Å². The lowest BCUT2D eigenvalue weighted by molar-refractivity contribution is -0.123. The minimum absolute atomic E-state index is 0.128. The summed E-state index contributed by atoms with van der Waals surface area (Å²) in [6.45, 7) is 1.74. The average molecular weight is 333 g/mol. The fraction of sp³-hybridized carbons (Fsp3) is 0.176. The number of methoxy groups -OCH3 is 1. The Balaban J connectivity index is 1.82. The summed E-state index contributed by atoms with van der Waals surface area (Å²) in [6, 6.07) is 12.5. The summed E-state index contributed by atoms with van der Waals surface area (Å²) in [5.74, 6) is 0.956. The second-order valence-corrected chi connectivity index (χ2v) is 5.18. The van der Waals surface area contributed by atoms with Crippen LogP contribution < -0.4 is 14.9 Å². The molecule has 0 saturated heterocycles. The van der Waals surface area contributed by atoms with Crippen LogP contribution >= 0.6 is 11.6 Å². The number of benzene rings is 2. The van der Waals surface area contributed by atoms with E-state index in [-0.39, 0.29) is 12.5 Å². The fourth-order valence-electron chi connectivity index (χ4n) is 1.79. The number of hydrogen-bond acceptors (Lipinski definition) is 4. The van der Waals surface area contributed by atoms with Gasteiger partial charge in [-0.15, -0.1) is 0 Å². The molecule has 0 aliphatic carbocycles. The van der Waals surface area contributed by atoms with Gasteiger partial charge in [-0.05, 0) is 48.4 Å². The molecule has 23 heavy (non-hydrogen) atoms. The first-order valence-corrected chi connectivity index (χ1v) is 7.31. The Labute approximate surface area is 139 Å². The first-order chi connectivity index (χ1) is 11.1. The van der Waals surface area contributed by atoms with Gasteiger partial charge in [-0.3, -0.25) is 4.79 Å². The number of aryl methyl sites for hydroxylation is 1. The molecule has 1 N–H and O–H groups in total. The summed E-state index contributed by atoms with van der Waals surface area (Å²) >= 11 is 5.93. The minimum Gasteiger partial charge on any atom is -0.497 e. The van der Waals surface area contributed by atoms with Gasteiger partial charge in [0.25, 0.3) is 5.91 Å². The van der Waals surface area contributed by atoms with E-state index in [1.165, 1.54) is 6.21 Å². The molecule has 6 heteroatoms. The van der Waals surface area contributed by atoms with E-state index < -0.39 is 0 Å². The van der Waals surface area contributed by atoms with E-state index in [0.717, 1.165) is 16.9 Å². The quantitative estimate of drug-likeness (QED) is 0.653. The van der Waals surface area contributed by atoms with Crippen LogP contribution in [0.4, 0.5) is 0 Å². The third kappa shape index (κ3) is 5.30. The van der Waals surface area contributed by atoms with Gasteiger partial charge in [0, 0.05) is 5.02 Å². The molecule has 0 fully saturated rings. The third-order valence-electron chi connectivity index (χ3n) is 3.00. The number of amides is 1. The molecule has 0 aromatic heterocycles. The van der Waals surface area contributed by atoms with Gasteiger partial charge in [-0.25, -0.2) is 5.43 Å². The molecule has 120 valence electrons. The van der Waals surface area contributed by atoms with Crippen LogP contribution in [0.25, 0.3) is 0 Å². The van der Waals surface area contributed by atoms with E-state index in [0.29, 0.717) is 10.8 Å². The first kappa shape index (κ1) is 16.8. The standard InChI is InChI=1S/C17H17ClN2O3/c1-12-8-15(6-7-16(12)18)23-11-17(21)20-19-10-13-4-3-5-14(9-13)22-2/h3-10H,11H2,1-2H3,(H,20,21)/b19-10-. The van der Waals surface area contributed by atoms with E-state index in [1.807, 2.05) is 31.2 Å². The highest BCUT2D eigenvalue weighted by Gasteiger charge is 2.03. The maximum absolute atomic E-state index is 11.7. The number of hydrogen-bond donors (Lipinski definition) is 1. The number of hydrazone groups is 1. The molecule has 0 saturated carbocycles. The highest BCUT2D eigenvalue weighted by molar-refractivity contribution is 6.31. The van der Waals surface area contributed by atoms with Crippen molar-refractivity contribution in [1.82, 2.24) is 5.43 Å². The summed E-state index contributed by atoms with van der Waals surface area (Å²) in [5.41, 5.74) is 4.11. The highest BCUT2D eigenvalue weighted by atomic mass is 35.5. The van der Waals surface area contributed by atoms with E-state index in [1.54, 1.807) is 25.3 Å². The normalized spacial score (nSPS) is 10.6. The van der Waals surface area contributed by atoms with Crippen molar-refractivity contribution in [3.63, 3.8) is 0 Å². The predicted octanol–water partition coefficient (Wildman–Crippen LogP) is 3.19. The van der Waals surface area contributed by atoms with Crippen LogP contribution in [0.3, 0.4) is 0 Å². The molecule has 5 nitrogen and oxygen atoms in total. The highest BCUT2D eigenvalue weighted by Crippen LogP contribution is 2.20. The third-order valence-corrected chi connectivity index (χ3v) is 3.42. The molecule has 0 heterocycles. The number of rotatable bonds is 6. The SMILES string of the molecule is COc1cccc(/C=N\NC(=O)COc2ccc(Cl)c(C)c2)c1. The molecule has 0 bridgehead atoms. The Hall–Kier alpha value is -2.53. The molecule has 1 amide bonds. The van der Waals surface area contributed by atoms with Crippen LogP contribution in [0, 0.1) is 6.92 Å². The minimum atomic E-state index is -0.350. The summed E-state index contributed by atoms with van der Waals surface area (Å²) in [6.07, 6.45) is 1.53. The van der Waals surface area contributed by atoms with Crippen LogP contribution in [-0.4, -0.2) is 25.8 Å². The molecular weight excluding hydrogens is 316 g/mol. The average Bonchev–Trinajstić information content (AvgIpc) is 2.56. The molecule has 2 rings (SSSR count). The van der Waals surface area contributed by atoms with Gasteiger partial charge >= 0.3 is 0 Å². The Morgan fingerprint density at radius 3 is 2.83 bits per heavy atom. The van der Waals surface area contributed by atoms with Crippen LogP contribution in [0.1, 0.15) is 11.1 Å². The second-order valence-electron chi connectivity index (χ2n) is 4.77. The zero-order chi connectivity index (χ0) is 16.7. The van der Waals surface area contributed by atoms with Gasteiger partial charge in [-0.1, -0.05) is 23.7 Å². The van der Waals surface area contributed by atoms with Crippen LogP contribution in [-0.2, 0) is 4.79 Å². The number of nitrogens with one attached hydrogen (secondary N) is 1. The van der Waals surface area contributed by atoms with Gasteiger partial charge in [0.05, 0.1) is 13.3 Å². The smallest absolute Gasteiger partial charge is 0.277 e. The lowest BCUT2D eigenvalue weighted by Crippen LogP contribution is -2.24. The Bertz CT molecular complexity index is 717. The van der Waals surface area contributed by atoms with Gasteiger partial charge in [-0.2, -0.15) is 5.10 Å². The number of carbonyl (C=O) groups excluding carboxylic acids is 1. The van der Waals surface area contributed by atoms with Crippen molar-refractivity contribution in [2.75, 3.05) is 13.7 Å². The lowest BCUT2D eigenvalue weighted by Gasteiger charge is -2.06. The van der Waals surface area contributed by atoms with Crippen molar-refractivity contribution in [2.24, 2.45) is 5.10 Å². The number of nitrogens with zero attached hydrogens (tertiary/aromatic N) is 1. The van der Waals surface area contributed by atoms with Crippen LogP contribution in [0.15, 0.2) is 47.6 Å². The van der Waals surface area contributed by atoms with Crippen molar-refractivity contribution in [2.45, 2.75) is 6.92 Å². The monoisotopic (exact) mass is 332 g/mol. The van der Waals surface area contributed by atoms with Crippen LogP contribution in [0.2, 0.25) is 5.02 Å². The van der Waals surface area contributed by atoms with Crippen molar-refractivity contribution < 1.29 is 14.3 Å². The summed E-state index contributed by atoms with van der Waals surface area (Å²) in [4.78, 5) is 11.7. The van der Waals surface area contributed by atoms with E-state index in [9.17, 15) is 4.79 Å². The van der Waals surface area contributed by atoms with Crippen LogP contribution in [0.5, 0.6) is 11.5 Å². The molecule has 0 aliphatic heterocycles. The fourth-order valence-corrected chi connectivity index (χ4v) is 1.91. The summed E-state index contributed by atoms with van der Waals surface area (Å²) in [7, 11) is 1.59. The molecule has 0 atom stereocenters. The van der Waals surface area contributed by atoms with Crippen molar-refractivity contribution in [3.8, 4) is 11.5 Å². The second kappa shape index (κ2) is 8.19. The molecule has 0 unspecified atom stereocenters. The Kier molecular flexibility index (Phi) is 6.00. The zero-order valence-electron chi connectivity index (χ0n) is 12.9. The zero-order valence-corrected chi connectivity index (χ0v) is 13.6. The maximum Gasteiger partial charge on any atom is 0.277 e. The Morgan fingerprint density at radius 1 is 1.26 bits per heavy atom. The molecule has 0 aliphatic rings. The van der Waals surface area contributed by atoms with Gasteiger partial charge < -0.3 is 9.47 Å². The lowest BCUT2D eigenvalue weighted by atomic mass is 10.2. The van der Waals surface area contributed by atoms with E-state index in [4.69, 9.17) is 21.1 Å². The maximum atomic E-state index is 11.7. The molecule has 0 spiro atoms. The topological polar surface area (TPSA) is 59.9 Å². The number of carbonyl (C=O) groups is 1. The summed E-state index contributed by atoms with van der Waals surface area (Å²) in [5, 5.41) is 4.54. The van der Waals surface area contributed by atoms with Gasteiger partial charge in [0.15, 0.2) is 6.61 Å². The largest absolute Gasteiger partial charge is 0.497 e. The predicted molar refractivity (Wildman–Crippen MR) is 90.4 cm³/mol. The van der Waals surface area contributed by atoms with E-state index >= 15 is 0 Å². The molecular formula is C17H17ClN2O3. The molecule has 0 radical (unpaired) electrons. The van der Waals surface area contributed by atoms with Crippen molar-refractivity contribution in [3.05, 3.63) is 58.6 Å². The van der Waals surface area contributed by atoms with E-state index in [2.05, 4.69) is 10.5 Å². The molecule has 2 aromatic carbocycles. The van der Waals surface area contributed by atoms with Crippen molar-refractivity contribution in [1.29, 1.82) is 0 Å².